The monoisotopic (exact) mass is 742 g/mol. The van der Waals surface area contributed by atoms with E-state index in [1.54, 1.807) is 0 Å². The number of aromatic nitrogens is 1. The van der Waals surface area contributed by atoms with E-state index in [0.717, 1.165) is 88.9 Å². The first-order chi connectivity index (χ1) is 28.7. The lowest BCUT2D eigenvalue weighted by molar-refractivity contribution is 0.668. The molecule has 0 saturated carbocycles. The molecule has 272 valence electrons. The van der Waals surface area contributed by atoms with Gasteiger partial charge in [0.15, 0.2) is 0 Å². The van der Waals surface area contributed by atoms with E-state index < -0.39 is 0 Å². The van der Waals surface area contributed by atoms with E-state index in [4.69, 9.17) is 8.83 Å². The van der Waals surface area contributed by atoms with E-state index in [0.29, 0.717) is 0 Å². The Morgan fingerprint density at radius 2 is 0.655 bits per heavy atom. The summed E-state index contributed by atoms with van der Waals surface area (Å²) in [7, 11) is 0. The molecule has 0 saturated heterocycles. The molecule has 3 aromatic heterocycles. The fourth-order valence-electron chi connectivity index (χ4n) is 8.82. The molecule has 0 unspecified atom stereocenters. The summed E-state index contributed by atoms with van der Waals surface area (Å²) in [5.41, 5.74) is 14.8. The number of hydrogen-bond acceptors (Lipinski definition) is 3. The van der Waals surface area contributed by atoms with E-state index in [1.807, 2.05) is 24.3 Å². The average Bonchev–Trinajstić information content (AvgIpc) is 3.96. The lowest BCUT2D eigenvalue weighted by atomic mass is 10.0. The predicted molar refractivity (Wildman–Crippen MR) is 241 cm³/mol. The van der Waals surface area contributed by atoms with Crippen LogP contribution in [0.3, 0.4) is 0 Å². The van der Waals surface area contributed by atoms with Crippen LogP contribution in [-0.4, -0.2) is 4.57 Å². The minimum Gasteiger partial charge on any atom is -0.456 e. The van der Waals surface area contributed by atoms with Gasteiger partial charge in [0.25, 0.3) is 0 Å². The van der Waals surface area contributed by atoms with Crippen LogP contribution in [0, 0.1) is 0 Å². The van der Waals surface area contributed by atoms with Crippen LogP contribution in [0.4, 0.5) is 17.1 Å². The molecule has 12 aromatic rings. The molecule has 0 bridgehead atoms. The third-order valence-electron chi connectivity index (χ3n) is 11.6. The summed E-state index contributed by atoms with van der Waals surface area (Å²) >= 11 is 0. The van der Waals surface area contributed by atoms with Crippen molar-refractivity contribution >= 4 is 82.7 Å². The predicted octanol–water partition coefficient (Wildman–Crippen LogP) is 15.4. The number of para-hydroxylation sites is 4. The summed E-state index contributed by atoms with van der Waals surface area (Å²) in [5, 5.41) is 7.05. The molecule has 0 aliphatic heterocycles. The van der Waals surface area contributed by atoms with E-state index in [1.165, 1.54) is 21.8 Å². The Hall–Kier alpha value is -7.82. The van der Waals surface area contributed by atoms with Crippen LogP contribution in [0.1, 0.15) is 0 Å². The summed E-state index contributed by atoms with van der Waals surface area (Å²) < 4.78 is 14.8. The second-order valence-electron chi connectivity index (χ2n) is 14.9. The second-order valence-corrected chi connectivity index (χ2v) is 14.9. The summed E-state index contributed by atoms with van der Waals surface area (Å²) in [6, 6.07) is 73.3. The highest BCUT2D eigenvalue weighted by atomic mass is 16.3. The maximum atomic E-state index is 6.24. The first-order valence-corrected chi connectivity index (χ1v) is 19.7. The smallest absolute Gasteiger partial charge is 0.136 e. The summed E-state index contributed by atoms with van der Waals surface area (Å²) in [6.45, 7) is 0. The Kier molecular flexibility index (Phi) is 7.20. The second kappa shape index (κ2) is 12.9. The van der Waals surface area contributed by atoms with Gasteiger partial charge in [-0.2, -0.15) is 0 Å². The molecular weight excluding hydrogens is 709 g/mol. The molecule has 0 spiro atoms. The fourth-order valence-corrected chi connectivity index (χ4v) is 8.82. The molecule has 0 aliphatic rings. The Balaban J connectivity index is 0.938. The number of benzene rings is 9. The van der Waals surface area contributed by atoms with Crippen LogP contribution in [0.5, 0.6) is 0 Å². The maximum absolute atomic E-state index is 6.24. The third kappa shape index (κ3) is 5.16. The van der Waals surface area contributed by atoms with Crippen LogP contribution < -0.4 is 4.90 Å². The number of anilines is 3. The van der Waals surface area contributed by atoms with Crippen LogP contribution in [0.25, 0.3) is 93.6 Å². The Morgan fingerprint density at radius 3 is 1.12 bits per heavy atom. The molecule has 3 heterocycles. The van der Waals surface area contributed by atoms with Crippen molar-refractivity contribution in [1.82, 2.24) is 4.57 Å². The van der Waals surface area contributed by atoms with Gasteiger partial charge < -0.3 is 18.3 Å². The number of furan rings is 2. The zero-order chi connectivity index (χ0) is 38.2. The molecule has 0 atom stereocenters. The van der Waals surface area contributed by atoms with Crippen LogP contribution in [0.15, 0.2) is 215 Å². The standard InChI is InChI=1S/C54H34N2O2/c1-5-13-49-43(9-1)44-10-2-6-14-50(44)56(49)42-29-27-41(28-30-42)55(39-23-17-35(18-24-39)37-21-31-47-45-11-3-7-15-51(45)57-53(47)33-37)40-25-19-36(20-26-40)38-22-32-48-46-12-4-8-16-52(46)58-54(48)34-38/h1-34H. The minimum atomic E-state index is 0.896. The summed E-state index contributed by atoms with van der Waals surface area (Å²) in [4.78, 5) is 2.33. The molecular formula is C54H34N2O2. The molecule has 9 aromatic carbocycles. The van der Waals surface area contributed by atoms with Crippen molar-refractivity contribution in [3.63, 3.8) is 0 Å². The van der Waals surface area contributed by atoms with Gasteiger partial charge >= 0.3 is 0 Å². The first kappa shape index (κ1) is 32.4. The molecule has 0 N–H and O–H groups in total. The molecule has 0 fully saturated rings. The zero-order valence-corrected chi connectivity index (χ0v) is 31.3. The Morgan fingerprint density at radius 1 is 0.293 bits per heavy atom. The SMILES string of the molecule is c1ccc2c(c1)oc1cc(-c3ccc(N(c4ccc(-c5ccc6c(c5)oc5ccccc56)cc4)c4ccc(-n5c6ccccc6c6ccccc65)cc4)cc3)ccc12. The largest absolute Gasteiger partial charge is 0.456 e. The molecule has 4 heteroatoms. The van der Waals surface area contributed by atoms with Gasteiger partial charge in [0.1, 0.15) is 22.3 Å². The van der Waals surface area contributed by atoms with Gasteiger partial charge in [-0.3, -0.25) is 0 Å². The van der Waals surface area contributed by atoms with Gasteiger partial charge in [0, 0.05) is 55.1 Å². The van der Waals surface area contributed by atoms with Gasteiger partial charge in [-0.25, -0.2) is 0 Å². The molecule has 0 radical (unpaired) electrons. The number of fused-ring (bicyclic) bond motifs is 9. The molecule has 0 aliphatic carbocycles. The maximum Gasteiger partial charge on any atom is 0.136 e. The van der Waals surface area contributed by atoms with Gasteiger partial charge in [-0.1, -0.05) is 109 Å². The van der Waals surface area contributed by atoms with Crippen molar-refractivity contribution < 1.29 is 8.83 Å². The van der Waals surface area contributed by atoms with E-state index in [-0.39, 0.29) is 0 Å². The lowest BCUT2D eigenvalue weighted by Gasteiger charge is -2.26. The first-order valence-electron chi connectivity index (χ1n) is 19.7. The van der Waals surface area contributed by atoms with Gasteiger partial charge in [0.2, 0.25) is 0 Å². The molecule has 4 nitrogen and oxygen atoms in total. The highest BCUT2D eigenvalue weighted by Crippen LogP contribution is 2.40. The minimum absolute atomic E-state index is 0.896. The lowest BCUT2D eigenvalue weighted by Crippen LogP contribution is -2.10. The normalized spacial score (nSPS) is 11.8. The van der Waals surface area contributed by atoms with E-state index in [9.17, 15) is 0 Å². The van der Waals surface area contributed by atoms with Crippen LogP contribution in [0.2, 0.25) is 0 Å². The number of nitrogens with zero attached hydrogens (tertiary/aromatic N) is 2. The van der Waals surface area contributed by atoms with E-state index in [2.05, 4.69) is 191 Å². The van der Waals surface area contributed by atoms with Crippen molar-refractivity contribution in [3.05, 3.63) is 206 Å². The Bertz CT molecular complexity index is 3290. The number of hydrogen-bond donors (Lipinski definition) is 0. The van der Waals surface area contributed by atoms with Crippen LogP contribution in [-0.2, 0) is 0 Å². The average molecular weight is 743 g/mol. The highest BCUT2D eigenvalue weighted by Gasteiger charge is 2.17. The van der Waals surface area contributed by atoms with Crippen molar-refractivity contribution in [2.75, 3.05) is 4.90 Å². The summed E-state index contributed by atoms with van der Waals surface area (Å²) in [6.07, 6.45) is 0. The van der Waals surface area contributed by atoms with Crippen molar-refractivity contribution in [1.29, 1.82) is 0 Å². The third-order valence-corrected chi connectivity index (χ3v) is 11.6. The fraction of sp³-hybridized carbons (Fsp3) is 0. The number of rotatable bonds is 6. The van der Waals surface area contributed by atoms with Crippen molar-refractivity contribution in [2.45, 2.75) is 0 Å². The van der Waals surface area contributed by atoms with E-state index >= 15 is 0 Å². The topological polar surface area (TPSA) is 34.5 Å². The van der Waals surface area contributed by atoms with Crippen LogP contribution >= 0.6 is 0 Å². The molecule has 12 rings (SSSR count). The quantitative estimate of drug-likeness (QED) is 0.170. The van der Waals surface area contributed by atoms with Crippen molar-refractivity contribution in [3.8, 4) is 27.9 Å². The summed E-state index contributed by atoms with van der Waals surface area (Å²) in [5.74, 6) is 0. The molecule has 58 heavy (non-hydrogen) atoms. The van der Waals surface area contributed by atoms with Gasteiger partial charge in [0.05, 0.1) is 11.0 Å². The zero-order valence-electron chi connectivity index (χ0n) is 31.3. The van der Waals surface area contributed by atoms with Crippen molar-refractivity contribution in [2.24, 2.45) is 0 Å². The highest BCUT2D eigenvalue weighted by molar-refractivity contribution is 6.10. The van der Waals surface area contributed by atoms with Gasteiger partial charge in [-0.05, 0) is 119 Å². The molecule has 0 amide bonds. The Labute approximate surface area is 334 Å². The van der Waals surface area contributed by atoms with Gasteiger partial charge in [-0.15, -0.1) is 0 Å².